The number of aromatic amines is 1. The van der Waals surface area contributed by atoms with Crippen LogP contribution in [0.1, 0.15) is 41.9 Å². The number of phenolic OH excluding ortho intramolecular Hbond substituents is 1. The number of rotatable bonds is 8. The zero-order valence-electron chi connectivity index (χ0n) is 22.6. The highest BCUT2D eigenvalue weighted by Gasteiger charge is 2.22. The van der Waals surface area contributed by atoms with Crippen LogP contribution < -0.4 is 15.8 Å². The lowest BCUT2D eigenvalue weighted by atomic mass is 10.0. The monoisotopic (exact) mass is 554 g/mol. The van der Waals surface area contributed by atoms with Gasteiger partial charge in [0.25, 0.3) is 12.0 Å². The highest BCUT2D eigenvalue weighted by atomic mass is 19.3. The zero-order chi connectivity index (χ0) is 29.3. The van der Waals surface area contributed by atoms with Gasteiger partial charge in [0.05, 0.1) is 29.2 Å². The average Bonchev–Trinajstić information content (AvgIpc) is 2.90. The van der Waals surface area contributed by atoms with Gasteiger partial charge in [-0.05, 0) is 50.2 Å². The van der Waals surface area contributed by atoms with Crippen molar-refractivity contribution in [3.05, 3.63) is 81.3 Å². The molecule has 0 unspecified atom stereocenters. The molecule has 4 aromatic rings. The largest absolute Gasteiger partial charge is 0.508 e. The maximum atomic E-state index is 14.9. The molecule has 0 aliphatic heterocycles. The fraction of sp³-hybridized carbons (Fsp3) is 0.286. The van der Waals surface area contributed by atoms with Gasteiger partial charge in [-0.25, -0.2) is 23.1 Å². The van der Waals surface area contributed by atoms with Gasteiger partial charge in [0.2, 0.25) is 5.91 Å². The topological polar surface area (TPSA) is 114 Å². The second-order valence-corrected chi connectivity index (χ2v) is 9.66. The Labute approximate surface area is 228 Å². The van der Waals surface area contributed by atoms with Crippen LogP contribution in [0.5, 0.6) is 5.75 Å². The number of anilines is 3. The van der Waals surface area contributed by atoms with E-state index >= 15 is 0 Å². The lowest BCUT2D eigenvalue weighted by Gasteiger charge is -2.22. The molecule has 0 radical (unpaired) electrons. The van der Waals surface area contributed by atoms with E-state index in [1.54, 1.807) is 58.1 Å². The number of nitrogens with one attached hydrogen (secondary N) is 2. The molecule has 0 bridgehead atoms. The first-order chi connectivity index (χ1) is 18.8. The molecule has 0 aliphatic rings. The minimum absolute atomic E-state index is 0.0559. The fourth-order valence-corrected chi connectivity index (χ4v) is 4.27. The van der Waals surface area contributed by atoms with Crippen molar-refractivity contribution in [2.24, 2.45) is 0 Å². The van der Waals surface area contributed by atoms with E-state index in [2.05, 4.69) is 20.3 Å². The summed E-state index contributed by atoms with van der Waals surface area (Å²) >= 11 is 0. The number of carbonyl (C=O) groups excluding carboxylic acids is 1. The Kier molecular flexibility index (Phi) is 7.98. The summed E-state index contributed by atoms with van der Waals surface area (Å²) in [4.78, 5) is 39.3. The Morgan fingerprint density at radius 1 is 1.07 bits per heavy atom. The smallest absolute Gasteiger partial charge is 0.266 e. The predicted molar refractivity (Wildman–Crippen MR) is 147 cm³/mol. The lowest BCUT2D eigenvalue weighted by molar-refractivity contribution is -0.127. The molecule has 0 aliphatic carbocycles. The number of likely N-dealkylation sites (N-methyl/N-ethyl adjacent to an activating group) is 1. The summed E-state index contributed by atoms with van der Waals surface area (Å²) in [7, 11) is 5.01. The third-order valence-electron chi connectivity index (χ3n) is 6.54. The fourth-order valence-electron chi connectivity index (χ4n) is 4.27. The lowest BCUT2D eigenvalue weighted by Crippen LogP contribution is -2.27. The Morgan fingerprint density at radius 2 is 1.77 bits per heavy atom. The maximum Gasteiger partial charge on any atom is 0.266 e. The second kappa shape index (κ2) is 11.2. The molecule has 0 saturated carbocycles. The van der Waals surface area contributed by atoms with E-state index in [1.165, 1.54) is 11.1 Å². The number of hydrogen-bond donors (Lipinski definition) is 3. The molecule has 2 aromatic carbocycles. The van der Waals surface area contributed by atoms with Crippen LogP contribution in [0, 0.1) is 12.7 Å². The molecule has 40 heavy (non-hydrogen) atoms. The van der Waals surface area contributed by atoms with Gasteiger partial charge in [-0.15, -0.1) is 0 Å². The molecule has 0 saturated heterocycles. The van der Waals surface area contributed by atoms with E-state index in [1.807, 2.05) is 6.07 Å². The van der Waals surface area contributed by atoms with E-state index in [9.17, 15) is 27.9 Å². The molecule has 12 heteroatoms. The summed E-state index contributed by atoms with van der Waals surface area (Å²) in [5.74, 6) is -1.02. The van der Waals surface area contributed by atoms with Crippen LogP contribution in [-0.4, -0.2) is 52.0 Å². The quantitative estimate of drug-likeness (QED) is 0.281. The van der Waals surface area contributed by atoms with Crippen molar-refractivity contribution in [1.29, 1.82) is 0 Å². The molecule has 2 aromatic heterocycles. The number of H-pyrrole nitrogens is 1. The van der Waals surface area contributed by atoms with Gasteiger partial charge < -0.3 is 25.2 Å². The van der Waals surface area contributed by atoms with Crippen molar-refractivity contribution in [2.75, 3.05) is 31.4 Å². The number of amides is 1. The molecule has 3 N–H and O–H groups in total. The average molecular weight is 555 g/mol. The number of phenols is 1. The minimum atomic E-state index is -3.09. The molecule has 9 nitrogen and oxygen atoms in total. The Bertz CT molecular complexity index is 1640. The van der Waals surface area contributed by atoms with Crippen LogP contribution in [0.15, 0.2) is 47.4 Å². The summed E-state index contributed by atoms with van der Waals surface area (Å²) in [6.07, 6.45) is -1.61. The van der Waals surface area contributed by atoms with Crippen LogP contribution in [0.3, 0.4) is 0 Å². The van der Waals surface area contributed by atoms with Gasteiger partial charge in [0.1, 0.15) is 23.2 Å². The van der Waals surface area contributed by atoms with Gasteiger partial charge in [0.15, 0.2) is 0 Å². The standard InChI is InChI=1S/C28H29F3N6O3/c1-14(20-11-19(38)12-22(25(20)29)26(30)31)33-27-21-10-17(6-7-23(21)34-15(2)35-27)37(5)18-8-16(28(40)32-13-18)9-24(39)36(3)4/h6-8,10-14,26,38H,9H2,1-5H3,(H,32,40)(H,33,34,35)/t14-/m1/s1. The third kappa shape index (κ3) is 5.85. The number of aromatic hydroxyl groups is 1. The normalized spacial score (nSPS) is 12.0. The Balaban J connectivity index is 1.71. The molecule has 210 valence electrons. The number of alkyl halides is 2. The van der Waals surface area contributed by atoms with Gasteiger partial charge in [-0.2, -0.15) is 0 Å². The molecule has 0 fully saturated rings. The van der Waals surface area contributed by atoms with Crippen molar-refractivity contribution in [1.82, 2.24) is 19.9 Å². The van der Waals surface area contributed by atoms with Crippen LogP contribution in [0.2, 0.25) is 0 Å². The predicted octanol–water partition coefficient (Wildman–Crippen LogP) is 4.98. The number of hydrogen-bond acceptors (Lipinski definition) is 7. The number of benzene rings is 2. The molecule has 1 amide bonds. The summed E-state index contributed by atoms with van der Waals surface area (Å²) in [5, 5.41) is 13.6. The number of carbonyl (C=O) groups is 1. The van der Waals surface area contributed by atoms with Crippen molar-refractivity contribution in [3.8, 4) is 5.75 Å². The maximum absolute atomic E-state index is 14.9. The van der Waals surface area contributed by atoms with Gasteiger partial charge in [-0.1, -0.05) is 0 Å². The molecule has 0 spiro atoms. The van der Waals surface area contributed by atoms with Crippen LogP contribution in [0.4, 0.5) is 30.4 Å². The number of nitrogens with zero attached hydrogens (tertiary/aromatic N) is 4. The molecule has 2 heterocycles. The van der Waals surface area contributed by atoms with Gasteiger partial charge >= 0.3 is 0 Å². The van der Waals surface area contributed by atoms with Crippen molar-refractivity contribution >= 4 is 34.0 Å². The van der Waals surface area contributed by atoms with Crippen molar-refractivity contribution in [3.63, 3.8) is 0 Å². The van der Waals surface area contributed by atoms with Crippen LogP contribution in [-0.2, 0) is 11.2 Å². The van der Waals surface area contributed by atoms with E-state index < -0.39 is 29.6 Å². The minimum Gasteiger partial charge on any atom is -0.508 e. The number of halogens is 3. The first-order valence-corrected chi connectivity index (χ1v) is 12.4. The van der Waals surface area contributed by atoms with E-state index in [0.29, 0.717) is 45.5 Å². The molecular formula is C28H29F3N6O3. The number of aryl methyl sites for hydroxylation is 1. The van der Waals surface area contributed by atoms with Crippen LogP contribution in [0.25, 0.3) is 10.9 Å². The van der Waals surface area contributed by atoms with Crippen molar-refractivity contribution in [2.45, 2.75) is 32.7 Å². The first-order valence-electron chi connectivity index (χ1n) is 12.4. The van der Waals surface area contributed by atoms with E-state index in [-0.39, 0.29) is 23.5 Å². The summed E-state index contributed by atoms with van der Waals surface area (Å²) in [6.45, 7) is 3.26. The van der Waals surface area contributed by atoms with Gasteiger partial charge in [0, 0.05) is 49.5 Å². The Morgan fingerprint density at radius 3 is 2.45 bits per heavy atom. The van der Waals surface area contributed by atoms with E-state index in [0.717, 1.165) is 6.07 Å². The van der Waals surface area contributed by atoms with Crippen LogP contribution >= 0.6 is 0 Å². The third-order valence-corrected chi connectivity index (χ3v) is 6.54. The van der Waals surface area contributed by atoms with Crippen molar-refractivity contribution < 1.29 is 23.1 Å². The number of aromatic nitrogens is 3. The Hall–Kier alpha value is -4.61. The number of fused-ring (bicyclic) bond motifs is 1. The van der Waals surface area contributed by atoms with E-state index in [4.69, 9.17) is 0 Å². The molecular weight excluding hydrogens is 525 g/mol. The summed E-state index contributed by atoms with van der Waals surface area (Å²) in [5.41, 5.74) is 0.834. The first kappa shape index (κ1) is 28.4. The molecule has 4 rings (SSSR count). The summed E-state index contributed by atoms with van der Waals surface area (Å²) in [6, 6.07) is 8.01. The highest BCUT2D eigenvalue weighted by Crippen LogP contribution is 2.35. The van der Waals surface area contributed by atoms with Gasteiger partial charge in [-0.3, -0.25) is 9.59 Å². The highest BCUT2D eigenvalue weighted by molar-refractivity contribution is 5.92. The SMILES string of the molecule is Cc1nc(N[C@H](C)c2cc(O)cc(C(F)F)c2F)c2cc(N(C)c3c[nH]c(=O)c(CC(=O)N(C)C)c3)ccc2n1. The summed E-state index contributed by atoms with van der Waals surface area (Å²) < 4.78 is 41.5. The zero-order valence-corrected chi connectivity index (χ0v) is 22.6. The number of pyridine rings is 1. The second-order valence-electron chi connectivity index (χ2n) is 9.66. The molecule has 1 atom stereocenters.